The summed E-state index contributed by atoms with van der Waals surface area (Å²) in [7, 11) is 1.91. The molecule has 0 amide bonds. The Morgan fingerprint density at radius 1 is 1.50 bits per heavy atom. The molecule has 0 aliphatic carbocycles. The van der Waals surface area contributed by atoms with E-state index in [1.807, 2.05) is 13.2 Å². The smallest absolute Gasteiger partial charge is 0.0920 e. The van der Waals surface area contributed by atoms with Gasteiger partial charge in [-0.05, 0) is 17.1 Å². The SMILES string of the molecule is C=Cc1nn(C)cc1C(=C)C(C)(C)C. The largest absolute Gasteiger partial charge is 0.275 e. The lowest BCUT2D eigenvalue weighted by Gasteiger charge is -2.21. The van der Waals surface area contributed by atoms with E-state index in [9.17, 15) is 0 Å². The van der Waals surface area contributed by atoms with Crippen molar-refractivity contribution in [2.75, 3.05) is 0 Å². The molecule has 0 fully saturated rings. The lowest BCUT2D eigenvalue weighted by molar-refractivity contribution is 0.568. The average molecular weight is 190 g/mol. The number of hydrogen-bond acceptors (Lipinski definition) is 1. The van der Waals surface area contributed by atoms with Crippen LogP contribution < -0.4 is 0 Å². The van der Waals surface area contributed by atoms with Gasteiger partial charge in [-0.25, -0.2) is 0 Å². The Balaban J connectivity index is 3.19. The molecule has 2 nitrogen and oxygen atoms in total. The molecule has 0 atom stereocenters. The Morgan fingerprint density at radius 3 is 2.50 bits per heavy atom. The van der Waals surface area contributed by atoms with E-state index in [-0.39, 0.29) is 5.41 Å². The predicted octanol–water partition coefficient (Wildman–Crippen LogP) is 3.12. The molecule has 14 heavy (non-hydrogen) atoms. The summed E-state index contributed by atoms with van der Waals surface area (Å²) in [5.41, 5.74) is 3.17. The Kier molecular flexibility index (Phi) is 2.65. The topological polar surface area (TPSA) is 17.8 Å². The first kappa shape index (κ1) is 10.8. The van der Waals surface area contributed by atoms with Crippen molar-refractivity contribution in [1.82, 2.24) is 9.78 Å². The van der Waals surface area contributed by atoms with Crippen molar-refractivity contribution >= 4 is 11.6 Å². The summed E-state index contributed by atoms with van der Waals surface area (Å²) in [5, 5.41) is 4.30. The summed E-state index contributed by atoms with van der Waals surface area (Å²) < 4.78 is 1.79. The average Bonchev–Trinajstić information content (AvgIpc) is 2.43. The van der Waals surface area contributed by atoms with Crippen LogP contribution in [0.1, 0.15) is 32.0 Å². The van der Waals surface area contributed by atoms with E-state index in [1.54, 1.807) is 10.8 Å². The number of hydrogen-bond donors (Lipinski definition) is 0. The number of aromatic nitrogens is 2. The van der Waals surface area contributed by atoms with Crippen LogP contribution in [0.5, 0.6) is 0 Å². The lowest BCUT2D eigenvalue weighted by atomic mass is 9.83. The fourth-order valence-corrected chi connectivity index (χ4v) is 1.29. The van der Waals surface area contributed by atoms with Crippen molar-refractivity contribution < 1.29 is 0 Å². The van der Waals surface area contributed by atoms with Crippen LogP contribution in [0.3, 0.4) is 0 Å². The third-order valence-corrected chi connectivity index (χ3v) is 2.28. The first-order valence-corrected chi connectivity index (χ1v) is 4.72. The first-order chi connectivity index (χ1) is 6.36. The van der Waals surface area contributed by atoms with Gasteiger partial charge in [-0.1, -0.05) is 33.9 Å². The second-order valence-corrected chi connectivity index (χ2v) is 4.53. The molecular formula is C12H18N2. The Morgan fingerprint density at radius 2 is 2.07 bits per heavy atom. The molecule has 1 aromatic heterocycles. The second kappa shape index (κ2) is 3.45. The third-order valence-electron chi connectivity index (χ3n) is 2.28. The maximum Gasteiger partial charge on any atom is 0.0920 e. The van der Waals surface area contributed by atoms with Crippen LogP contribution >= 0.6 is 0 Å². The van der Waals surface area contributed by atoms with Gasteiger partial charge >= 0.3 is 0 Å². The molecule has 76 valence electrons. The Labute approximate surface area is 85.9 Å². The third kappa shape index (κ3) is 1.95. The van der Waals surface area contributed by atoms with Crippen LogP contribution in [0.25, 0.3) is 11.6 Å². The molecule has 0 spiro atoms. The molecule has 0 aliphatic rings. The Hall–Kier alpha value is -1.31. The molecular weight excluding hydrogens is 172 g/mol. The zero-order valence-corrected chi connectivity index (χ0v) is 9.46. The van der Waals surface area contributed by atoms with E-state index in [4.69, 9.17) is 0 Å². The summed E-state index contributed by atoms with van der Waals surface area (Å²) in [6.07, 6.45) is 3.76. The van der Waals surface area contributed by atoms with E-state index >= 15 is 0 Å². The molecule has 0 radical (unpaired) electrons. The Bertz CT molecular complexity index is 364. The van der Waals surface area contributed by atoms with E-state index in [2.05, 4.69) is 39.0 Å². The van der Waals surface area contributed by atoms with Crippen molar-refractivity contribution in [3.05, 3.63) is 30.6 Å². The first-order valence-electron chi connectivity index (χ1n) is 4.72. The maximum absolute atomic E-state index is 4.30. The van der Waals surface area contributed by atoms with E-state index < -0.39 is 0 Å². The monoisotopic (exact) mass is 190 g/mol. The molecule has 0 saturated heterocycles. The van der Waals surface area contributed by atoms with Gasteiger partial charge in [0.1, 0.15) is 0 Å². The number of allylic oxidation sites excluding steroid dienone is 1. The molecule has 0 aliphatic heterocycles. The molecule has 1 aromatic rings. The van der Waals surface area contributed by atoms with Crippen LogP contribution in [0.15, 0.2) is 19.4 Å². The molecule has 1 rings (SSSR count). The zero-order valence-electron chi connectivity index (χ0n) is 9.46. The summed E-state index contributed by atoms with van der Waals surface area (Å²) in [6, 6.07) is 0. The van der Waals surface area contributed by atoms with Crippen LogP contribution in [0.4, 0.5) is 0 Å². The van der Waals surface area contributed by atoms with E-state index in [0.717, 1.165) is 16.8 Å². The normalized spacial score (nSPS) is 11.4. The highest BCUT2D eigenvalue weighted by molar-refractivity contribution is 5.73. The highest BCUT2D eigenvalue weighted by Crippen LogP contribution is 2.33. The van der Waals surface area contributed by atoms with Gasteiger partial charge in [-0.2, -0.15) is 5.10 Å². The fourth-order valence-electron chi connectivity index (χ4n) is 1.29. The van der Waals surface area contributed by atoms with Gasteiger partial charge in [0, 0.05) is 18.8 Å². The number of rotatable bonds is 2. The molecule has 2 heteroatoms. The van der Waals surface area contributed by atoms with Gasteiger partial charge in [-0.15, -0.1) is 0 Å². The van der Waals surface area contributed by atoms with Crippen molar-refractivity contribution in [3.8, 4) is 0 Å². The van der Waals surface area contributed by atoms with Crippen LogP contribution in [-0.2, 0) is 7.05 Å². The van der Waals surface area contributed by atoms with Gasteiger partial charge in [-0.3, -0.25) is 4.68 Å². The highest BCUT2D eigenvalue weighted by atomic mass is 15.2. The van der Waals surface area contributed by atoms with Gasteiger partial charge in [0.2, 0.25) is 0 Å². The van der Waals surface area contributed by atoms with Crippen LogP contribution in [0, 0.1) is 5.41 Å². The minimum absolute atomic E-state index is 0.0702. The summed E-state index contributed by atoms with van der Waals surface area (Å²) in [4.78, 5) is 0. The van der Waals surface area contributed by atoms with Crippen molar-refractivity contribution in [2.45, 2.75) is 20.8 Å². The van der Waals surface area contributed by atoms with Gasteiger partial charge in [0.15, 0.2) is 0 Å². The van der Waals surface area contributed by atoms with Crippen molar-refractivity contribution in [1.29, 1.82) is 0 Å². The molecule has 0 N–H and O–H groups in total. The van der Waals surface area contributed by atoms with E-state index in [1.165, 1.54) is 0 Å². The van der Waals surface area contributed by atoms with Crippen LogP contribution in [0.2, 0.25) is 0 Å². The molecule has 0 saturated carbocycles. The van der Waals surface area contributed by atoms with Gasteiger partial charge < -0.3 is 0 Å². The molecule has 0 aromatic carbocycles. The predicted molar refractivity (Wildman–Crippen MR) is 61.8 cm³/mol. The van der Waals surface area contributed by atoms with Crippen LogP contribution in [-0.4, -0.2) is 9.78 Å². The fraction of sp³-hybridized carbons (Fsp3) is 0.417. The minimum atomic E-state index is 0.0702. The van der Waals surface area contributed by atoms with Gasteiger partial charge in [0.25, 0.3) is 0 Å². The standard InChI is InChI=1S/C12H18N2/c1-7-11-10(8-14(6)13-11)9(2)12(3,4)5/h7-8H,1-2H2,3-6H3. The molecule has 0 bridgehead atoms. The second-order valence-electron chi connectivity index (χ2n) is 4.53. The maximum atomic E-state index is 4.30. The molecule has 0 unspecified atom stereocenters. The highest BCUT2D eigenvalue weighted by Gasteiger charge is 2.20. The summed E-state index contributed by atoms with van der Waals surface area (Å²) in [6.45, 7) is 14.3. The van der Waals surface area contributed by atoms with Gasteiger partial charge in [0.05, 0.1) is 5.69 Å². The molecule has 1 heterocycles. The zero-order chi connectivity index (χ0) is 10.9. The summed E-state index contributed by atoms with van der Waals surface area (Å²) in [5.74, 6) is 0. The van der Waals surface area contributed by atoms with Crippen molar-refractivity contribution in [3.63, 3.8) is 0 Å². The van der Waals surface area contributed by atoms with E-state index in [0.29, 0.717) is 0 Å². The van der Waals surface area contributed by atoms with Crippen molar-refractivity contribution in [2.24, 2.45) is 12.5 Å². The lowest BCUT2D eigenvalue weighted by Crippen LogP contribution is -2.07. The number of nitrogens with zero attached hydrogens (tertiary/aromatic N) is 2. The minimum Gasteiger partial charge on any atom is -0.275 e. The summed E-state index contributed by atoms with van der Waals surface area (Å²) >= 11 is 0. The quantitative estimate of drug-likeness (QED) is 0.700. The number of aryl methyl sites for hydroxylation is 1.